The molecule has 0 atom stereocenters. The molecule has 1 aromatic carbocycles. The molecule has 3 aromatic heterocycles. The third-order valence-corrected chi connectivity index (χ3v) is 7.33. The fourth-order valence-corrected chi connectivity index (χ4v) is 5.37. The van der Waals surface area contributed by atoms with Crippen molar-refractivity contribution in [1.29, 1.82) is 0 Å². The summed E-state index contributed by atoms with van der Waals surface area (Å²) < 4.78 is 5.73. The van der Waals surface area contributed by atoms with Crippen LogP contribution in [-0.4, -0.2) is 61.6 Å². The van der Waals surface area contributed by atoms with Gasteiger partial charge in [-0.25, -0.2) is 0 Å². The number of aromatic amines is 1. The van der Waals surface area contributed by atoms with Crippen LogP contribution in [0.4, 0.5) is 28.6 Å². The van der Waals surface area contributed by atoms with Crippen molar-refractivity contribution in [1.82, 2.24) is 14.9 Å². The molecule has 5 N–H and O–H groups in total. The minimum atomic E-state index is -0.455. The van der Waals surface area contributed by atoms with Crippen molar-refractivity contribution in [3.63, 3.8) is 0 Å². The SMILES string of the molecule is COc1cc2c(cc1Nc1cc3c(Nc4ccsc4C(N)=O)cncc3[nH]1)N(CCCN(C)C)CC2. The van der Waals surface area contributed by atoms with Gasteiger partial charge in [0.2, 0.25) is 0 Å². The molecule has 36 heavy (non-hydrogen) atoms. The molecular weight excluding hydrogens is 474 g/mol. The Balaban J connectivity index is 1.41. The smallest absolute Gasteiger partial charge is 0.260 e. The van der Waals surface area contributed by atoms with Crippen molar-refractivity contribution < 1.29 is 9.53 Å². The van der Waals surface area contributed by atoms with Crippen LogP contribution in [0.2, 0.25) is 0 Å². The monoisotopic (exact) mass is 505 g/mol. The van der Waals surface area contributed by atoms with Crippen molar-refractivity contribution in [2.24, 2.45) is 5.73 Å². The maximum atomic E-state index is 11.7. The molecule has 0 saturated carbocycles. The first-order valence-electron chi connectivity index (χ1n) is 11.9. The largest absolute Gasteiger partial charge is 0.495 e. The number of thiophene rings is 1. The highest BCUT2D eigenvalue weighted by atomic mass is 32.1. The Morgan fingerprint density at radius 3 is 2.86 bits per heavy atom. The average molecular weight is 506 g/mol. The zero-order valence-electron chi connectivity index (χ0n) is 20.7. The number of primary amides is 1. The third kappa shape index (κ3) is 4.82. The van der Waals surface area contributed by atoms with Gasteiger partial charge < -0.3 is 35.9 Å². The fraction of sp³-hybridized carbons (Fsp3) is 0.308. The molecule has 0 spiro atoms. The summed E-state index contributed by atoms with van der Waals surface area (Å²) in [6.45, 7) is 3.12. The number of nitrogens with two attached hydrogens (primary N) is 1. The number of rotatable bonds is 10. The molecule has 10 heteroatoms. The van der Waals surface area contributed by atoms with E-state index in [1.54, 1.807) is 19.5 Å². The first-order valence-corrected chi connectivity index (χ1v) is 12.8. The zero-order chi connectivity index (χ0) is 25.2. The number of ether oxygens (including phenoxy) is 1. The van der Waals surface area contributed by atoms with Crippen molar-refractivity contribution in [3.05, 3.63) is 52.5 Å². The van der Waals surface area contributed by atoms with Gasteiger partial charge in [0.05, 0.1) is 42.1 Å². The molecule has 0 aliphatic carbocycles. The van der Waals surface area contributed by atoms with E-state index < -0.39 is 5.91 Å². The summed E-state index contributed by atoms with van der Waals surface area (Å²) in [4.78, 5) is 24.7. The quantitative estimate of drug-likeness (QED) is 0.250. The Morgan fingerprint density at radius 1 is 1.22 bits per heavy atom. The molecule has 0 radical (unpaired) electrons. The van der Waals surface area contributed by atoms with Gasteiger partial charge in [0.15, 0.2) is 0 Å². The Morgan fingerprint density at radius 2 is 2.08 bits per heavy atom. The van der Waals surface area contributed by atoms with Crippen LogP contribution in [0.15, 0.2) is 42.0 Å². The van der Waals surface area contributed by atoms with E-state index in [1.807, 2.05) is 17.5 Å². The van der Waals surface area contributed by atoms with E-state index >= 15 is 0 Å². The summed E-state index contributed by atoms with van der Waals surface area (Å²) in [6, 6.07) is 8.19. The lowest BCUT2D eigenvalue weighted by Gasteiger charge is -2.22. The topological polar surface area (TPSA) is 112 Å². The molecule has 188 valence electrons. The average Bonchev–Trinajstić information content (AvgIpc) is 3.57. The predicted octanol–water partition coefficient (Wildman–Crippen LogP) is 4.53. The van der Waals surface area contributed by atoms with Gasteiger partial charge in [-0.15, -0.1) is 11.3 Å². The van der Waals surface area contributed by atoms with E-state index in [2.05, 4.69) is 56.6 Å². The van der Waals surface area contributed by atoms with E-state index in [-0.39, 0.29) is 0 Å². The Hall–Kier alpha value is -3.76. The maximum absolute atomic E-state index is 11.7. The standard InChI is InChI=1S/C26H31N7O2S/c1-32(2)7-4-8-33-9-5-16-11-23(35-3)19(13-22(16)33)30-24-12-17-20(14-28-15-21(17)31-24)29-18-6-10-36-25(18)26(27)34/h6,10-15,29-31H,4-5,7-9H2,1-3H3,(H2,27,34). The molecule has 5 rings (SSSR count). The maximum Gasteiger partial charge on any atom is 0.260 e. The number of benzene rings is 1. The minimum absolute atomic E-state index is 0.455. The van der Waals surface area contributed by atoms with Gasteiger partial charge >= 0.3 is 0 Å². The van der Waals surface area contributed by atoms with Crippen LogP contribution in [-0.2, 0) is 6.42 Å². The summed E-state index contributed by atoms with van der Waals surface area (Å²) in [5.74, 6) is 1.17. The second-order valence-corrected chi connectivity index (χ2v) is 10.1. The van der Waals surface area contributed by atoms with Crippen molar-refractivity contribution in [2.45, 2.75) is 12.8 Å². The van der Waals surface area contributed by atoms with Crippen LogP contribution in [0.5, 0.6) is 5.75 Å². The number of carbonyl (C=O) groups is 1. The van der Waals surface area contributed by atoms with Gasteiger partial charge in [0.1, 0.15) is 16.4 Å². The number of amides is 1. The number of nitrogens with one attached hydrogen (secondary N) is 3. The summed E-state index contributed by atoms with van der Waals surface area (Å²) in [6.07, 6.45) is 5.66. The lowest BCUT2D eigenvalue weighted by Crippen LogP contribution is -2.25. The number of carbonyl (C=O) groups excluding carboxylic acids is 1. The number of methoxy groups -OCH3 is 1. The van der Waals surface area contributed by atoms with Gasteiger partial charge in [0, 0.05) is 24.2 Å². The fourth-order valence-electron chi connectivity index (χ4n) is 4.66. The molecular formula is C26H31N7O2S. The number of H-pyrrole nitrogens is 1. The van der Waals surface area contributed by atoms with Gasteiger partial charge in [-0.3, -0.25) is 9.78 Å². The van der Waals surface area contributed by atoms with Crippen LogP contribution in [0.1, 0.15) is 21.7 Å². The van der Waals surface area contributed by atoms with Crippen LogP contribution >= 0.6 is 11.3 Å². The minimum Gasteiger partial charge on any atom is -0.495 e. The summed E-state index contributed by atoms with van der Waals surface area (Å²) in [5, 5.41) is 9.60. The van der Waals surface area contributed by atoms with E-state index in [0.29, 0.717) is 10.6 Å². The molecule has 0 unspecified atom stereocenters. The second kappa shape index (κ2) is 10.1. The van der Waals surface area contributed by atoms with Gasteiger partial charge in [0.25, 0.3) is 5.91 Å². The lowest BCUT2D eigenvalue weighted by atomic mass is 10.1. The number of hydrogen-bond acceptors (Lipinski definition) is 8. The number of fused-ring (bicyclic) bond motifs is 2. The first-order chi connectivity index (χ1) is 17.4. The molecule has 0 fully saturated rings. The predicted molar refractivity (Wildman–Crippen MR) is 148 cm³/mol. The lowest BCUT2D eigenvalue weighted by molar-refractivity contribution is 0.100. The molecule has 1 aliphatic rings. The number of aromatic nitrogens is 2. The third-order valence-electron chi connectivity index (χ3n) is 6.40. The molecule has 4 aromatic rings. The van der Waals surface area contributed by atoms with E-state index in [1.165, 1.54) is 22.6 Å². The Labute approximate surface area is 214 Å². The van der Waals surface area contributed by atoms with E-state index in [0.717, 1.165) is 66.3 Å². The number of pyridine rings is 1. The highest BCUT2D eigenvalue weighted by molar-refractivity contribution is 7.12. The summed E-state index contributed by atoms with van der Waals surface area (Å²) >= 11 is 1.31. The summed E-state index contributed by atoms with van der Waals surface area (Å²) in [5.41, 5.74) is 11.3. The normalized spacial score (nSPS) is 12.8. The number of anilines is 5. The molecule has 0 saturated heterocycles. The number of hydrogen-bond donors (Lipinski definition) is 4. The van der Waals surface area contributed by atoms with Crippen LogP contribution in [0.25, 0.3) is 10.9 Å². The van der Waals surface area contributed by atoms with Crippen LogP contribution < -0.4 is 26.0 Å². The van der Waals surface area contributed by atoms with Crippen LogP contribution in [0.3, 0.4) is 0 Å². The number of nitrogens with zero attached hydrogens (tertiary/aromatic N) is 3. The summed E-state index contributed by atoms with van der Waals surface area (Å²) in [7, 11) is 5.92. The van der Waals surface area contributed by atoms with Crippen molar-refractivity contribution in [3.8, 4) is 5.75 Å². The molecule has 9 nitrogen and oxygen atoms in total. The van der Waals surface area contributed by atoms with Gasteiger partial charge in [-0.05, 0) is 68.7 Å². The Kier molecular flexibility index (Phi) is 6.71. The molecule has 1 aliphatic heterocycles. The zero-order valence-corrected chi connectivity index (χ0v) is 21.5. The van der Waals surface area contributed by atoms with Gasteiger partial charge in [-0.1, -0.05) is 0 Å². The Bertz CT molecular complexity index is 1390. The second-order valence-electron chi connectivity index (χ2n) is 9.18. The van der Waals surface area contributed by atoms with Crippen molar-refractivity contribution >= 4 is 56.7 Å². The molecule has 0 bridgehead atoms. The van der Waals surface area contributed by atoms with E-state index in [9.17, 15) is 4.79 Å². The highest BCUT2D eigenvalue weighted by Gasteiger charge is 2.22. The molecule has 1 amide bonds. The molecule has 4 heterocycles. The first kappa shape index (κ1) is 24.0. The highest BCUT2D eigenvalue weighted by Crippen LogP contribution is 2.39. The van der Waals surface area contributed by atoms with E-state index in [4.69, 9.17) is 10.5 Å². The van der Waals surface area contributed by atoms with Crippen molar-refractivity contribution in [2.75, 3.05) is 56.4 Å². The van der Waals surface area contributed by atoms with Crippen LogP contribution in [0, 0.1) is 0 Å². The van der Waals surface area contributed by atoms with Gasteiger partial charge in [-0.2, -0.15) is 0 Å².